The SMILES string of the molecule is CNC(Cc1ccoc1)C(C)(C)N1CCCC1. The van der Waals surface area contributed by atoms with Crippen molar-refractivity contribution in [3.8, 4) is 0 Å². The van der Waals surface area contributed by atoms with Gasteiger partial charge in [-0.15, -0.1) is 0 Å². The zero-order chi connectivity index (χ0) is 12.3. The number of likely N-dealkylation sites (tertiary alicyclic amines) is 1. The number of likely N-dealkylation sites (N-methyl/N-ethyl adjacent to an activating group) is 1. The first kappa shape index (κ1) is 12.7. The highest BCUT2D eigenvalue weighted by Gasteiger charge is 2.35. The number of hydrogen-bond donors (Lipinski definition) is 1. The van der Waals surface area contributed by atoms with Gasteiger partial charge in [-0.05, 0) is 64.9 Å². The van der Waals surface area contributed by atoms with Gasteiger partial charge in [-0.25, -0.2) is 0 Å². The summed E-state index contributed by atoms with van der Waals surface area (Å²) in [5, 5.41) is 3.47. The van der Waals surface area contributed by atoms with E-state index in [9.17, 15) is 0 Å². The molecular weight excluding hydrogens is 212 g/mol. The summed E-state index contributed by atoms with van der Waals surface area (Å²) in [7, 11) is 2.06. The minimum absolute atomic E-state index is 0.197. The van der Waals surface area contributed by atoms with Gasteiger partial charge >= 0.3 is 0 Å². The molecule has 1 aromatic rings. The lowest BCUT2D eigenvalue weighted by Gasteiger charge is -2.42. The highest BCUT2D eigenvalue weighted by atomic mass is 16.3. The lowest BCUT2D eigenvalue weighted by Crippen LogP contribution is -2.57. The third-order valence-corrected chi connectivity index (χ3v) is 4.14. The van der Waals surface area contributed by atoms with Crippen LogP contribution in [0.2, 0.25) is 0 Å². The van der Waals surface area contributed by atoms with Gasteiger partial charge in [0.15, 0.2) is 0 Å². The smallest absolute Gasteiger partial charge is 0.0935 e. The minimum atomic E-state index is 0.197. The van der Waals surface area contributed by atoms with Gasteiger partial charge in [0.2, 0.25) is 0 Å². The van der Waals surface area contributed by atoms with E-state index in [1.165, 1.54) is 31.5 Å². The summed E-state index contributed by atoms with van der Waals surface area (Å²) in [5.74, 6) is 0. The second kappa shape index (κ2) is 5.23. The monoisotopic (exact) mass is 236 g/mol. The zero-order valence-electron chi connectivity index (χ0n) is 11.2. The molecule has 1 aliphatic heterocycles. The van der Waals surface area contributed by atoms with E-state index < -0.39 is 0 Å². The Morgan fingerprint density at radius 2 is 2.12 bits per heavy atom. The van der Waals surface area contributed by atoms with Crippen LogP contribution in [0.25, 0.3) is 0 Å². The molecule has 1 N–H and O–H groups in total. The van der Waals surface area contributed by atoms with Crippen molar-refractivity contribution in [2.45, 2.75) is 44.7 Å². The summed E-state index contributed by atoms with van der Waals surface area (Å²) in [6.45, 7) is 7.16. The average Bonchev–Trinajstić information content (AvgIpc) is 2.98. The van der Waals surface area contributed by atoms with Crippen LogP contribution in [-0.4, -0.2) is 36.6 Å². The third kappa shape index (κ3) is 2.72. The normalized spacial score (nSPS) is 19.7. The van der Waals surface area contributed by atoms with E-state index in [-0.39, 0.29) is 5.54 Å². The summed E-state index contributed by atoms with van der Waals surface area (Å²) in [4.78, 5) is 2.61. The maximum absolute atomic E-state index is 5.16. The van der Waals surface area contributed by atoms with Crippen molar-refractivity contribution >= 4 is 0 Å². The summed E-state index contributed by atoms with van der Waals surface area (Å²) < 4.78 is 5.16. The fraction of sp³-hybridized carbons (Fsp3) is 0.714. The van der Waals surface area contributed by atoms with Crippen molar-refractivity contribution in [3.05, 3.63) is 24.2 Å². The summed E-state index contributed by atoms with van der Waals surface area (Å²) in [5.41, 5.74) is 1.47. The predicted octanol–water partition coefficient (Wildman–Crippen LogP) is 2.28. The van der Waals surface area contributed by atoms with Crippen LogP contribution < -0.4 is 5.32 Å². The van der Waals surface area contributed by atoms with Crippen molar-refractivity contribution in [1.29, 1.82) is 0 Å². The van der Waals surface area contributed by atoms with Gasteiger partial charge in [-0.1, -0.05) is 0 Å². The molecule has 1 atom stereocenters. The van der Waals surface area contributed by atoms with Crippen LogP contribution in [0.1, 0.15) is 32.3 Å². The molecule has 2 rings (SSSR count). The molecule has 0 bridgehead atoms. The fourth-order valence-corrected chi connectivity index (χ4v) is 2.86. The second-order valence-corrected chi connectivity index (χ2v) is 5.52. The zero-order valence-corrected chi connectivity index (χ0v) is 11.2. The van der Waals surface area contributed by atoms with E-state index in [0.29, 0.717) is 6.04 Å². The van der Waals surface area contributed by atoms with Gasteiger partial charge in [-0.3, -0.25) is 4.90 Å². The van der Waals surface area contributed by atoms with Crippen molar-refractivity contribution < 1.29 is 4.42 Å². The molecule has 0 aliphatic carbocycles. The molecule has 1 aliphatic rings. The van der Waals surface area contributed by atoms with Crippen LogP contribution in [0.5, 0.6) is 0 Å². The van der Waals surface area contributed by atoms with Crippen molar-refractivity contribution in [2.75, 3.05) is 20.1 Å². The van der Waals surface area contributed by atoms with E-state index in [1.54, 1.807) is 6.26 Å². The van der Waals surface area contributed by atoms with E-state index in [1.807, 2.05) is 6.26 Å². The fourth-order valence-electron chi connectivity index (χ4n) is 2.86. The molecule has 3 nitrogen and oxygen atoms in total. The number of furan rings is 1. The van der Waals surface area contributed by atoms with E-state index >= 15 is 0 Å². The molecule has 0 spiro atoms. The highest BCUT2D eigenvalue weighted by Crippen LogP contribution is 2.26. The molecular formula is C14H24N2O. The molecule has 1 aromatic heterocycles. The first-order valence-corrected chi connectivity index (χ1v) is 6.58. The highest BCUT2D eigenvalue weighted by molar-refractivity contribution is 5.10. The Bertz CT molecular complexity index is 326. The average molecular weight is 236 g/mol. The van der Waals surface area contributed by atoms with Gasteiger partial charge in [0.25, 0.3) is 0 Å². The van der Waals surface area contributed by atoms with Gasteiger partial charge in [0.1, 0.15) is 0 Å². The number of nitrogens with one attached hydrogen (secondary N) is 1. The molecule has 0 aromatic carbocycles. The van der Waals surface area contributed by atoms with Crippen LogP contribution in [0, 0.1) is 0 Å². The number of nitrogens with zero attached hydrogens (tertiary/aromatic N) is 1. The summed E-state index contributed by atoms with van der Waals surface area (Å²) in [6, 6.07) is 2.52. The molecule has 1 saturated heterocycles. The Morgan fingerprint density at radius 3 is 2.65 bits per heavy atom. The lowest BCUT2D eigenvalue weighted by molar-refractivity contribution is 0.110. The maximum atomic E-state index is 5.16. The predicted molar refractivity (Wildman–Crippen MR) is 70.1 cm³/mol. The van der Waals surface area contributed by atoms with Crippen molar-refractivity contribution in [1.82, 2.24) is 10.2 Å². The van der Waals surface area contributed by atoms with E-state index in [4.69, 9.17) is 4.42 Å². The van der Waals surface area contributed by atoms with Gasteiger partial charge in [-0.2, -0.15) is 0 Å². The van der Waals surface area contributed by atoms with Crippen LogP contribution >= 0.6 is 0 Å². The van der Waals surface area contributed by atoms with E-state index in [0.717, 1.165) is 6.42 Å². The van der Waals surface area contributed by atoms with Gasteiger partial charge < -0.3 is 9.73 Å². The minimum Gasteiger partial charge on any atom is -0.472 e. The Hall–Kier alpha value is -0.800. The molecule has 0 radical (unpaired) electrons. The van der Waals surface area contributed by atoms with Crippen LogP contribution in [0.4, 0.5) is 0 Å². The lowest BCUT2D eigenvalue weighted by atomic mass is 9.88. The number of hydrogen-bond acceptors (Lipinski definition) is 3. The van der Waals surface area contributed by atoms with Crippen LogP contribution in [0.3, 0.4) is 0 Å². The largest absolute Gasteiger partial charge is 0.472 e. The Kier molecular flexibility index (Phi) is 3.89. The Morgan fingerprint density at radius 1 is 1.41 bits per heavy atom. The first-order valence-electron chi connectivity index (χ1n) is 6.58. The topological polar surface area (TPSA) is 28.4 Å². The standard InChI is InChI=1S/C14H24N2O/c1-14(2,16-7-4-5-8-16)13(15-3)10-12-6-9-17-11-12/h6,9,11,13,15H,4-5,7-8,10H2,1-3H3. The molecule has 1 unspecified atom stereocenters. The molecule has 0 saturated carbocycles. The quantitative estimate of drug-likeness (QED) is 0.850. The summed E-state index contributed by atoms with van der Waals surface area (Å²) >= 11 is 0. The maximum Gasteiger partial charge on any atom is 0.0935 e. The number of rotatable bonds is 5. The molecule has 3 heteroatoms. The van der Waals surface area contributed by atoms with Gasteiger partial charge in [0.05, 0.1) is 12.5 Å². The van der Waals surface area contributed by atoms with Crippen LogP contribution in [0.15, 0.2) is 23.0 Å². The summed E-state index contributed by atoms with van der Waals surface area (Å²) in [6.07, 6.45) is 7.31. The van der Waals surface area contributed by atoms with E-state index in [2.05, 4.69) is 37.2 Å². The molecule has 1 fully saturated rings. The third-order valence-electron chi connectivity index (χ3n) is 4.14. The molecule has 0 amide bonds. The van der Waals surface area contributed by atoms with Crippen LogP contribution in [-0.2, 0) is 6.42 Å². The Balaban J connectivity index is 2.05. The molecule has 2 heterocycles. The van der Waals surface area contributed by atoms with Crippen molar-refractivity contribution in [3.63, 3.8) is 0 Å². The second-order valence-electron chi connectivity index (χ2n) is 5.52. The molecule has 96 valence electrons. The Labute approximate surface area is 104 Å². The first-order chi connectivity index (χ1) is 8.14. The molecule has 17 heavy (non-hydrogen) atoms. The van der Waals surface area contributed by atoms with Crippen molar-refractivity contribution in [2.24, 2.45) is 0 Å². The van der Waals surface area contributed by atoms with Gasteiger partial charge in [0, 0.05) is 11.6 Å².